The summed E-state index contributed by atoms with van der Waals surface area (Å²) in [5, 5.41) is 15.8. The molecule has 1 saturated heterocycles. The van der Waals surface area contributed by atoms with Gasteiger partial charge in [-0.1, -0.05) is 18.9 Å². The van der Waals surface area contributed by atoms with E-state index in [1.807, 2.05) is 11.3 Å². The lowest BCUT2D eigenvalue weighted by atomic mass is 9.76. The van der Waals surface area contributed by atoms with Gasteiger partial charge in [0.15, 0.2) is 0 Å². The monoisotopic (exact) mass is 334 g/mol. The van der Waals surface area contributed by atoms with Crippen molar-refractivity contribution in [1.29, 1.82) is 0 Å². The van der Waals surface area contributed by atoms with Crippen molar-refractivity contribution in [1.82, 2.24) is 10.2 Å². The zero-order chi connectivity index (χ0) is 15.6. The minimum atomic E-state index is -0.0616. The fourth-order valence-corrected chi connectivity index (χ4v) is 5.65. The van der Waals surface area contributed by atoms with Crippen molar-refractivity contribution in [3.8, 4) is 0 Å². The fourth-order valence-electron chi connectivity index (χ4n) is 4.78. The number of thiophene rings is 1. The highest BCUT2D eigenvalue weighted by Gasteiger charge is 2.37. The summed E-state index contributed by atoms with van der Waals surface area (Å²) in [6.45, 7) is 2.54. The van der Waals surface area contributed by atoms with E-state index in [0.29, 0.717) is 18.0 Å². The zero-order valence-electron chi connectivity index (χ0n) is 14.0. The maximum atomic E-state index is 9.70. The van der Waals surface area contributed by atoms with Gasteiger partial charge in [0.1, 0.15) is 0 Å². The van der Waals surface area contributed by atoms with Crippen LogP contribution in [0.5, 0.6) is 0 Å². The lowest BCUT2D eigenvalue weighted by Gasteiger charge is -2.42. The molecule has 1 aromatic heterocycles. The number of rotatable bonds is 5. The Labute approximate surface area is 144 Å². The topological polar surface area (TPSA) is 35.5 Å². The minimum absolute atomic E-state index is 0.0616. The van der Waals surface area contributed by atoms with Crippen molar-refractivity contribution in [2.45, 2.75) is 75.6 Å². The molecule has 1 aliphatic heterocycles. The van der Waals surface area contributed by atoms with Gasteiger partial charge in [0.2, 0.25) is 0 Å². The minimum Gasteiger partial charge on any atom is -0.393 e. The molecule has 0 radical (unpaired) electrons. The third-order valence-corrected chi connectivity index (χ3v) is 7.21. The maximum absolute atomic E-state index is 9.70. The van der Waals surface area contributed by atoms with Gasteiger partial charge in [-0.3, -0.25) is 0 Å². The number of piperidine rings is 1. The molecule has 0 unspecified atom stereocenters. The summed E-state index contributed by atoms with van der Waals surface area (Å²) >= 11 is 1.86. The standard InChI is InChI=1S/C19H30N2OS/c22-17-12-14(13-17)19(18-6-3-11-23-18)20-15-7-9-21(10-8-15)16-4-1-2-5-16/h3,6,11,14-17,19-20,22H,1-2,4-5,7-10,12-13H2/t14?,17?,19-/m1/s1. The summed E-state index contributed by atoms with van der Waals surface area (Å²) in [6, 6.07) is 6.41. The number of nitrogens with one attached hydrogen (secondary N) is 1. The van der Waals surface area contributed by atoms with Crippen molar-refractivity contribution < 1.29 is 5.11 Å². The Morgan fingerprint density at radius 2 is 1.87 bits per heavy atom. The third-order valence-electron chi connectivity index (χ3n) is 6.26. The van der Waals surface area contributed by atoms with Crippen molar-refractivity contribution in [2.75, 3.05) is 13.1 Å². The lowest BCUT2D eigenvalue weighted by Crippen LogP contribution is -2.49. The molecule has 2 saturated carbocycles. The van der Waals surface area contributed by atoms with Gasteiger partial charge in [0.05, 0.1) is 6.10 Å². The van der Waals surface area contributed by atoms with Crippen molar-refractivity contribution in [3.05, 3.63) is 22.4 Å². The Balaban J connectivity index is 1.33. The molecule has 1 atom stereocenters. The van der Waals surface area contributed by atoms with E-state index >= 15 is 0 Å². The Hall–Kier alpha value is -0.420. The van der Waals surface area contributed by atoms with E-state index in [2.05, 4.69) is 27.7 Å². The number of aliphatic hydroxyl groups excluding tert-OH is 1. The lowest BCUT2D eigenvalue weighted by molar-refractivity contribution is 0.0197. The van der Waals surface area contributed by atoms with Crippen molar-refractivity contribution in [3.63, 3.8) is 0 Å². The zero-order valence-corrected chi connectivity index (χ0v) is 14.8. The molecule has 4 heteroatoms. The van der Waals surface area contributed by atoms with E-state index < -0.39 is 0 Å². The predicted octanol–water partition coefficient (Wildman–Crippen LogP) is 3.56. The van der Waals surface area contributed by atoms with E-state index in [0.717, 1.165) is 18.9 Å². The maximum Gasteiger partial charge on any atom is 0.0547 e. The first-order chi connectivity index (χ1) is 11.3. The second-order valence-electron chi connectivity index (χ2n) is 7.79. The average molecular weight is 335 g/mol. The van der Waals surface area contributed by atoms with Crippen LogP contribution in [0.3, 0.4) is 0 Å². The first-order valence-electron chi connectivity index (χ1n) is 9.51. The molecule has 0 spiro atoms. The number of aliphatic hydroxyl groups is 1. The number of likely N-dealkylation sites (tertiary alicyclic amines) is 1. The van der Waals surface area contributed by atoms with Crippen LogP contribution >= 0.6 is 11.3 Å². The van der Waals surface area contributed by atoms with Gasteiger partial charge in [-0.25, -0.2) is 0 Å². The van der Waals surface area contributed by atoms with Crippen molar-refractivity contribution in [2.24, 2.45) is 5.92 Å². The van der Waals surface area contributed by atoms with Crippen LogP contribution in [-0.4, -0.2) is 41.3 Å². The van der Waals surface area contributed by atoms with Gasteiger partial charge in [0.25, 0.3) is 0 Å². The van der Waals surface area contributed by atoms with E-state index in [1.54, 1.807) is 0 Å². The number of nitrogens with zero attached hydrogens (tertiary/aromatic N) is 1. The second-order valence-corrected chi connectivity index (χ2v) is 8.77. The third kappa shape index (κ3) is 3.65. The summed E-state index contributed by atoms with van der Waals surface area (Å²) in [4.78, 5) is 4.21. The van der Waals surface area contributed by atoms with Gasteiger partial charge in [-0.15, -0.1) is 11.3 Å². The van der Waals surface area contributed by atoms with E-state index in [4.69, 9.17) is 0 Å². The highest BCUT2D eigenvalue weighted by atomic mass is 32.1. The molecule has 3 fully saturated rings. The first kappa shape index (κ1) is 16.1. The molecule has 0 bridgehead atoms. The van der Waals surface area contributed by atoms with Gasteiger partial charge >= 0.3 is 0 Å². The van der Waals surface area contributed by atoms with Gasteiger partial charge < -0.3 is 15.3 Å². The van der Waals surface area contributed by atoms with E-state index in [9.17, 15) is 5.11 Å². The smallest absolute Gasteiger partial charge is 0.0547 e. The van der Waals surface area contributed by atoms with Crippen molar-refractivity contribution >= 4 is 11.3 Å². The Kier molecular flexibility index (Phi) is 5.04. The Morgan fingerprint density at radius 1 is 1.13 bits per heavy atom. The van der Waals surface area contributed by atoms with Crippen LogP contribution in [0.4, 0.5) is 0 Å². The molecule has 2 aliphatic carbocycles. The first-order valence-corrected chi connectivity index (χ1v) is 10.4. The van der Waals surface area contributed by atoms with Crippen LogP contribution in [0.15, 0.2) is 17.5 Å². The molecule has 3 nitrogen and oxygen atoms in total. The molecule has 4 rings (SSSR count). The number of hydrogen-bond acceptors (Lipinski definition) is 4. The van der Waals surface area contributed by atoms with Crippen LogP contribution < -0.4 is 5.32 Å². The molecular formula is C19H30N2OS. The highest BCUT2D eigenvalue weighted by molar-refractivity contribution is 7.10. The molecule has 0 amide bonds. The fraction of sp³-hybridized carbons (Fsp3) is 0.789. The predicted molar refractivity (Wildman–Crippen MR) is 95.8 cm³/mol. The normalized spacial score (nSPS) is 32.0. The van der Waals surface area contributed by atoms with Crippen LogP contribution in [0.2, 0.25) is 0 Å². The molecule has 128 valence electrons. The van der Waals surface area contributed by atoms with E-state index in [-0.39, 0.29) is 6.10 Å². The van der Waals surface area contributed by atoms with Crippen LogP contribution in [0.25, 0.3) is 0 Å². The van der Waals surface area contributed by atoms with Crippen LogP contribution in [0.1, 0.15) is 62.3 Å². The van der Waals surface area contributed by atoms with Gasteiger partial charge in [-0.2, -0.15) is 0 Å². The summed E-state index contributed by atoms with van der Waals surface area (Å²) in [5.74, 6) is 0.622. The average Bonchev–Trinajstić information content (AvgIpc) is 3.23. The van der Waals surface area contributed by atoms with Gasteiger partial charge in [-0.05, 0) is 69.0 Å². The summed E-state index contributed by atoms with van der Waals surface area (Å²) < 4.78 is 0. The number of hydrogen-bond donors (Lipinski definition) is 2. The molecule has 1 aromatic rings. The van der Waals surface area contributed by atoms with Crippen LogP contribution in [0, 0.1) is 5.92 Å². The molecule has 23 heavy (non-hydrogen) atoms. The van der Waals surface area contributed by atoms with E-state index in [1.165, 1.54) is 56.5 Å². The van der Waals surface area contributed by atoms with Crippen LogP contribution in [-0.2, 0) is 0 Å². The second kappa shape index (κ2) is 7.22. The largest absolute Gasteiger partial charge is 0.393 e. The van der Waals surface area contributed by atoms with Gasteiger partial charge in [0, 0.05) is 23.0 Å². The molecule has 2 N–H and O–H groups in total. The summed E-state index contributed by atoms with van der Waals surface area (Å²) in [5.41, 5.74) is 0. The quantitative estimate of drug-likeness (QED) is 0.864. The molecule has 2 heterocycles. The molecular weight excluding hydrogens is 304 g/mol. The Bertz CT molecular complexity index is 472. The summed E-state index contributed by atoms with van der Waals surface area (Å²) in [7, 11) is 0. The SMILES string of the molecule is OC1CC([C@@H](NC2CCN(C3CCCC3)CC2)c2cccs2)C1. The molecule has 3 aliphatic rings. The highest BCUT2D eigenvalue weighted by Crippen LogP contribution is 2.40. The molecule has 0 aromatic carbocycles. The summed E-state index contributed by atoms with van der Waals surface area (Å²) in [6.07, 6.45) is 10.2. The Morgan fingerprint density at radius 3 is 2.48 bits per heavy atom.